The molecule has 4 rings (SSSR count). The number of halogens is 2. The summed E-state index contributed by atoms with van der Waals surface area (Å²) in [6.07, 6.45) is 2.59. The molecule has 176 valence electrons. The molecule has 0 bridgehead atoms. The molecule has 1 aliphatic rings. The average Bonchev–Trinajstić information content (AvgIpc) is 3.11. The maximum Gasteiger partial charge on any atom is 0.410 e. The fourth-order valence-electron chi connectivity index (χ4n) is 4.04. The molecule has 1 aromatic heterocycles. The summed E-state index contributed by atoms with van der Waals surface area (Å²) in [4.78, 5) is 19.2. The van der Waals surface area contributed by atoms with Crippen molar-refractivity contribution in [2.24, 2.45) is 0 Å². The van der Waals surface area contributed by atoms with Crippen LogP contribution in [0, 0.1) is 0 Å². The largest absolute Gasteiger partial charge is 0.462 e. The van der Waals surface area contributed by atoms with Crippen molar-refractivity contribution in [1.29, 1.82) is 0 Å². The van der Waals surface area contributed by atoms with E-state index in [9.17, 15) is 4.79 Å². The summed E-state index contributed by atoms with van der Waals surface area (Å²) < 4.78 is 13.9. The van der Waals surface area contributed by atoms with E-state index >= 15 is 0 Å². The number of benzene rings is 2. The molecule has 0 aliphatic carbocycles. The molecule has 1 saturated heterocycles. The SMILES string of the molecule is CC(C)(C)OC(=O)N1CCCC[C@H]1COc1nc2ccccc2n1Cc1ccc(Cl)c(Cl)c1. The number of rotatable bonds is 5. The number of amides is 1. The molecule has 6 nitrogen and oxygen atoms in total. The zero-order chi connectivity index (χ0) is 23.6. The van der Waals surface area contributed by atoms with Crippen LogP contribution >= 0.6 is 23.2 Å². The number of aromatic nitrogens is 2. The summed E-state index contributed by atoms with van der Waals surface area (Å²) in [7, 11) is 0. The van der Waals surface area contributed by atoms with Gasteiger partial charge in [0.2, 0.25) is 0 Å². The van der Waals surface area contributed by atoms with Gasteiger partial charge in [-0.25, -0.2) is 4.79 Å². The predicted octanol–water partition coefficient (Wildman–Crippen LogP) is 6.56. The van der Waals surface area contributed by atoms with Gasteiger partial charge in [-0.05, 0) is 69.9 Å². The fraction of sp³-hybridized carbons (Fsp3) is 0.440. The van der Waals surface area contributed by atoms with Gasteiger partial charge in [-0.3, -0.25) is 4.57 Å². The molecule has 1 aliphatic heterocycles. The zero-order valence-electron chi connectivity index (χ0n) is 19.2. The van der Waals surface area contributed by atoms with Crippen molar-refractivity contribution >= 4 is 40.3 Å². The molecule has 0 saturated carbocycles. The van der Waals surface area contributed by atoms with Crippen LogP contribution in [-0.4, -0.2) is 45.3 Å². The lowest BCUT2D eigenvalue weighted by Gasteiger charge is -2.36. The van der Waals surface area contributed by atoms with Crippen molar-refractivity contribution in [3.8, 4) is 6.01 Å². The summed E-state index contributed by atoms with van der Waals surface area (Å²) in [6, 6.07) is 13.9. The highest BCUT2D eigenvalue weighted by Crippen LogP contribution is 2.28. The number of hydrogen-bond acceptors (Lipinski definition) is 4. The molecule has 1 amide bonds. The number of nitrogens with zero attached hydrogens (tertiary/aromatic N) is 3. The Kier molecular flexibility index (Phi) is 7.05. The van der Waals surface area contributed by atoms with Crippen LogP contribution < -0.4 is 4.74 Å². The Morgan fingerprint density at radius 3 is 2.67 bits per heavy atom. The van der Waals surface area contributed by atoms with Gasteiger partial charge < -0.3 is 14.4 Å². The van der Waals surface area contributed by atoms with E-state index in [0.29, 0.717) is 35.8 Å². The van der Waals surface area contributed by atoms with Crippen LogP contribution in [0.3, 0.4) is 0 Å². The molecule has 2 aromatic carbocycles. The van der Waals surface area contributed by atoms with Crippen molar-refractivity contribution in [3.63, 3.8) is 0 Å². The van der Waals surface area contributed by atoms with Gasteiger partial charge in [0, 0.05) is 6.54 Å². The van der Waals surface area contributed by atoms with E-state index in [4.69, 9.17) is 37.7 Å². The van der Waals surface area contributed by atoms with E-state index in [2.05, 4.69) is 0 Å². The van der Waals surface area contributed by atoms with Gasteiger partial charge in [0.15, 0.2) is 0 Å². The van der Waals surface area contributed by atoms with Gasteiger partial charge in [-0.1, -0.05) is 41.4 Å². The van der Waals surface area contributed by atoms with Crippen LogP contribution in [0.5, 0.6) is 6.01 Å². The van der Waals surface area contributed by atoms with E-state index in [1.165, 1.54) is 0 Å². The number of imidazole rings is 1. The number of ether oxygens (including phenoxy) is 2. The van der Waals surface area contributed by atoms with Crippen LogP contribution in [0.25, 0.3) is 11.0 Å². The Balaban J connectivity index is 1.56. The molecule has 2 heterocycles. The molecule has 0 radical (unpaired) electrons. The minimum absolute atomic E-state index is 0.0631. The second-order valence-corrected chi connectivity index (χ2v) is 10.2. The van der Waals surface area contributed by atoms with Gasteiger partial charge in [0.1, 0.15) is 12.2 Å². The second kappa shape index (κ2) is 9.82. The first-order valence-electron chi connectivity index (χ1n) is 11.2. The summed E-state index contributed by atoms with van der Waals surface area (Å²) in [5.74, 6) is 0. The Hall–Kier alpha value is -2.44. The van der Waals surface area contributed by atoms with Gasteiger partial charge >= 0.3 is 6.09 Å². The maximum absolute atomic E-state index is 12.7. The minimum atomic E-state index is -0.534. The molecule has 3 aromatic rings. The molecule has 1 atom stereocenters. The van der Waals surface area contributed by atoms with Crippen molar-refractivity contribution < 1.29 is 14.3 Å². The first-order valence-corrected chi connectivity index (χ1v) is 12.0. The number of carbonyl (C=O) groups excluding carboxylic acids is 1. The van der Waals surface area contributed by atoms with E-state index in [-0.39, 0.29) is 12.1 Å². The quantitative estimate of drug-likeness (QED) is 0.407. The summed E-state index contributed by atoms with van der Waals surface area (Å²) >= 11 is 12.3. The molecular weight excluding hydrogens is 461 g/mol. The summed E-state index contributed by atoms with van der Waals surface area (Å²) in [5, 5.41) is 1.03. The normalized spacial score (nSPS) is 16.8. The first kappa shape index (κ1) is 23.7. The number of likely N-dealkylation sites (tertiary alicyclic amines) is 1. The third kappa shape index (κ3) is 5.74. The standard InChI is InChI=1S/C25H29Cl2N3O3/c1-25(2,3)33-24(31)29-13-7-6-8-18(29)16-32-23-28-21-9-4-5-10-22(21)30(23)15-17-11-12-19(26)20(27)14-17/h4-5,9-12,14,18H,6-8,13,15-16H2,1-3H3/t18-/m0/s1. The number of piperidine rings is 1. The van der Waals surface area contributed by atoms with E-state index in [1.807, 2.05) is 61.7 Å². The minimum Gasteiger partial charge on any atom is -0.462 e. The molecule has 0 N–H and O–H groups in total. The van der Waals surface area contributed by atoms with Gasteiger partial charge in [0.25, 0.3) is 6.01 Å². The average molecular weight is 490 g/mol. The van der Waals surface area contributed by atoms with E-state index < -0.39 is 5.60 Å². The lowest BCUT2D eigenvalue weighted by molar-refractivity contribution is 0.00290. The van der Waals surface area contributed by atoms with Crippen LogP contribution in [0.4, 0.5) is 4.79 Å². The Morgan fingerprint density at radius 1 is 1.12 bits per heavy atom. The number of para-hydroxylation sites is 2. The van der Waals surface area contributed by atoms with E-state index in [1.54, 1.807) is 11.0 Å². The molecule has 0 spiro atoms. The van der Waals surface area contributed by atoms with Gasteiger partial charge in [-0.15, -0.1) is 0 Å². The van der Waals surface area contributed by atoms with Crippen LogP contribution in [0.1, 0.15) is 45.6 Å². The lowest BCUT2D eigenvalue weighted by atomic mass is 10.0. The highest BCUT2D eigenvalue weighted by Gasteiger charge is 2.31. The number of fused-ring (bicyclic) bond motifs is 1. The molecule has 8 heteroatoms. The van der Waals surface area contributed by atoms with Gasteiger partial charge in [0.05, 0.1) is 33.7 Å². The Morgan fingerprint density at radius 2 is 1.91 bits per heavy atom. The maximum atomic E-state index is 12.7. The van der Waals surface area contributed by atoms with Gasteiger partial charge in [-0.2, -0.15) is 4.98 Å². The molecule has 0 unspecified atom stereocenters. The van der Waals surface area contributed by atoms with Crippen molar-refractivity contribution in [3.05, 3.63) is 58.1 Å². The van der Waals surface area contributed by atoms with Crippen LogP contribution in [0.2, 0.25) is 10.0 Å². The predicted molar refractivity (Wildman–Crippen MR) is 131 cm³/mol. The third-order valence-corrected chi connectivity index (χ3v) is 6.34. The van der Waals surface area contributed by atoms with Crippen molar-refractivity contribution in [2.45, 2.75) is 58.2 Å². The van der Waals surface area contributed by atoms with Crippen molar-refractivity contribution in [1.82, 2.24) is 14.5 Å². The number of carbonyl (C=O) groups is 1. The topological polar surface area (TPSA) is 56.6 Å². The summed E-state index contributed by atoms with van der Waals surface area (Å²) in [5.41, 5.74) is 2.27. The lowest BCUT2D eigenvalue weighted by Crippen LogP contribution is -2.48. The van der Waals surface area contributed by atoms with E-state index in [0.717, 1.165) is 35.9 Å². The third-order valence-electron chi connectivity index (χ3n) is 5.60. The summed E-state index contributed by atoms with van der Waals surface area (Å²) in [6.45, 7) is 7.20. The Labute approximate surface area is 204 Å². The molecule has 33 heavy (non-hydrogen) atoms. The molecule has 1 fully saturated rings. The van der Waals surface area contributed by atoms with Crippen molar-refractivity contribution in [2.75, 3.05) is 13.2 Å². The zero-order valence-corrected chi connectivity index (χ0v) is 20.7. The first-order chi connectivity index (χ1) is 15.7. The van der Waals surface area contributed by atoms with Crippen LogP contribution in [-0.2, 0) is 11.3 Å². The molecular formula is C25H29Cl2N3O3. The smallest absolute Gasteiger partial charge is 0.410 e. The second-order valence-electron chi connectivity index (χ2n) is 9.35. The highest BCUT2D eigenvalue weighted by molar-refractivity contribution is 6.42. The monoisotopic (exact) mass is 489 g/mol. The Bertz CT molecular complexity index is 1140. The highest BCUT2D eigenvalue weighted by atomic mass is 35.5. The fourth-order valence-corrected chi connectivity index (χ4v) is 4.36. The number of hydrogen-bond donors (Lipinski definition) is 0. The van der Waals surface area contributed by atoms with Crippen LogP contribution in [0.15, 0.2) is 42.5 Å².